The van der Waals surface area contributed by atoms with E-state index in [1.807, 2.05) is 0 Å². The van der Waals surface area contributed by atoms with Crippen molar-refractivity contribution in [1.82, 2.24) is 10.2 Å². The van der Waals surface area contributed by atoms with Gasteiger partial charge in [0.05, 0.1) is 0 Å². The third-order valence-corrected chi connectivity index (χ3v) is 4.03. The molecule has 2 saturated heterocycles. The normalized spacial score (nSPS) is 35.1. The molecule has 2 aliphatic rings. The number of nitrogens with one attached hydrogen (secondary N) is 1. The summed E-state index contributed by atoms with van der Waals surface area (Å²) in [6.45, 7) is 6.22. The highest BCUT2D eigenvalue weighted by atomic mass is 16.1. The van der Waals surface area contributed by atoms with Gasteiger partial charge in [-0.05, 0) is 39.5 Å². The first-order valence-electron chi connectivity index (χ1n) is 6.62. The predicted octanol–water partition coefficient (Wildman–Crippen LogP) is 1.92. The smallest absolute Gasteiger partial charge is 0.217 e. The lowest BCUT2D eigenvalue weighted by molar-refractivity contribution is -0.120. The van der Waals surface area contributed by atoms with Crippen molar-refractivity contribution in [2.45, 2.75) is 77.0 Å². The summed E-state index contributed by atoms with van der Waals surface area (Å²) in [6, 6.07) is 2.46. The van der Waals surface area contributed by atoms with Crippen molar-refractivity contribution < 1.29 is 4.79 Å². The van der Waals surface area contributed by atoms with Crippen LogP contribution in [0.5, 0.6) is 0 Å². The number of hydrogen-bond acceptors (Lipinski definition) is 2. The van der Waals surface area contributed by atoms with Crippen molar-refractivity contribution in [3.05, 3.63) is 0 Å². The Labute approximate surface area is 98.6 Å². The van der Waals surface area contributed by atoms with Crippen LogP contribution in [0.15, 0.2) is 0 Å². The van der Waals surface area contributed by atoms with E-state index in [4.69, 9.17) is 0 Å². The first-order chi connectivity index (χ1) is 7.58. The molecular weight excluding hydrogens is 200 g/mol. The van der Waals surface area contributed by atoms with E-state index < -0.39 is 0 Å². The Bertz CT molecular complexity index is 251. The summed E-state index contributed by atoms with van der Waals surface area (Å²) in [5, 5.41) is 3.10. The average Bonchev–Trinajstić information content (AvgIpc) is 2.14. The SMILES string of the molecule is CC(=O)N[C@H]1C[C@H]2CCC[C@@H](C1)N2C(C)C. The van der Waals surface area contributed by atoms with Crippen molar-refractivity contribution in [2.75, 3.05) is 0 Å². The quantitative estimate of drug-likeness (QED) is 0.777. The first kappa shape index (κ1) is 11.9. The van der Waals surface area contributed by atoms with Gasteiger partial charge in [-0.25, -0.2) is 0 Å². The Balaban J connectivity index is 2.02. The number of carbonyl (C=O) groups excluding carboxylic acids is 1. The van der Waals surface area contributed by atoms with Crippen molar-refractivity contribution in [3.8, 4) is 0 Å². The lowest BCUT2D eigenvalue weighted by Crippen LogP contribution is -2.58. The first-order valence-corrected chi connectivity index (χ1v) is 6.62. The van der Waals surface area contributed by atoms with Crippen LogP contribution in [0.4, 0.5) is 0 Å². The van der Waals surface area contributed by atoms with Gasteiger partial charge >= 0.3 is 0 Å². The maximum atomic E-state index is 11.1. The van der Waals surface area contributed by atoms with E-state index in [9.17, 15) is 4.79 Å². The van der Waals surface area contributed by atoms with Crippen LogP contribution in [-0.4, -0.2) is 35.0 Å². The summed E-state index contributed by atoms with van der Waals surface area (Å²) in [7, 11) is 0. The maximum Gasteiger partial charge on any atom is 0.217 e. The predicted molar refractivity (Wildman–Crippen MR) is 65.2 cm³/mol. The van der Waals surface area contributed by atoms with Gasteiger partial charge in [0.25, 0.3) is 0 Å². The zero-order valence-electron chi connectivity index (χ0n) is 10.7. The van der Waals surface area contributed by atoms with Crippen LogP contribution in [0.2, 0.25) is 0 Å². The number of carbonyl (C=O) groups is 1. The van der Waals surface area contributed by atoms with Crippen LogP contribution in [0.3, 0.4) is 0 Å². The molecule has 3 atom stereocenters. The molecule has 1 amide bonds. The van der Waals surface area contributed by atoms with Crippen LogP contribution >= 0.6 is 0 Å². The lowest BCUT2D eigenvalue weighted by atomic mass is 9.81. The standard InChI is InChI=1S/C13H24N2O/c1-9(2)15-12-5-4-6-13(15)8-11(7-12)14-10(3)16/h9,11-13H,4-8H2,1-3H3,(H,14,16)/t11-,12+,13-. The molecule has 3 heteroatoms. The molecular formula is C13H24N2O. The molecule has 2 bridgehead atoms. The summed E-state index contributed by atoms with van der Waals surface area (Å²) in [4.78, 5) is 13.8. The van der Waals surface area contributed by atoms with E-state index in [1.165, 1.54) is 19.3 Å². The molecule has 2 rings (SSSR count). The maximum absolute atomic E-state index is 11.1. The van der Waals surface area contributed by atoms with E-state index in [1.54, 1.807) is 6.92 Å². The third-order valence-electron chi connectivity index (χ3n) is 4.03. The Morgan fingerprint density at radius 2 is 1.81 bits per heavy atom. The van der Waals surface area contributed by atoms with Gasteiger partial charge in [0.15, 0.2) is 0 Å². The Hall–Kier alpha value is -0.570. The minimum Gasteiger partial charge on any atom is -0.353 e. The molecule has 92 valence electrons. The topological polar surface area (TPSA) is 32.3 Å². The average molecular weight is 224 g/mol. The van der Waals surface area contributed by atoms with Gasteiger partial charge in [-0.3, -0.25) is 9.69 Å². The highest BCUT2D eigenvalue weighted by molar-refractivity contribution is 5.73. The second kappa shape index (κ2) is 4.74. The van der Waals surface area contributed by atoms with Gasteiger partial charge in [0, 0.05) is 31.1 Å². The second-order valence-electron chi connectivity index (χ2n) is 5.65. The van der Waals surface area contributed by atoms with Gasteiger partial charge in [0.2, 0.25) is 5.91 Å². The molecule has 0 aromatic carbocycles. The van der Waals surface area contributed by atoms with Crippen LogP contribution in [-0.2, 0) is 4.79 Å². The summed E-state index contributed by atoms with van der Waals surface area (Å²) >= 11 is 0. The summed E-state index contributed by atoms with van der Waals surface area (Å²) in [5.41, 5.74) is 0. The van der Waals surface area contributed by atoms with E-state index in [0.29, 0.717) is 24.2 Å². The number of nitrogens with zero attached hydrogens (tertiary/aromatic N) is 1. The van der Waals surface area contributed by atoms with Gasteiger partial charge in [-0.1, -0.05) is 6.42 Å². The molecule has 1 N–H and O–H groups in total. The van der Waals surface area contributed by atoms with Crippen LogP contribution in [0.1, 0.15) is 52.9 Å². The summed E-state index contributed by atoms with van der Waals surface area (Å²) < 4.78 is 0. The number of amides is 1. The van der Waals surface area contributed by atoms with Crippen molar-refractivity contribution in [1.29, 1.82) is 0 Å². The number of hydrogen-bond donors (Lipinski definition) is 1. The fraction of sp³-hybridized carbons (Fsp3) is 0.923. The van der Waals surface area contributed by atoms with Crippen molar-refractivity contribution in [2.24, 2.45) is 0 Å². The third kappa shape index (κ3) is 2.40. The number of rotatable bonds is 2. The van der Waals surface area contributed by atoms with Crippen LogP contribution < -0.4 is 5.32 Å². The highest BCUT2D eigenvalue weighted by Crippen LogP contribution is 2.35. The molecule has 0 aromatic rings. The second-order valence-corrected chi connectivity index (χ2v) is 5.65. The fourth-order valence-electron chi connectivity index (χ4n) is 3.67. The largest absolute Gasteiger partial charge is 0.353 e. The zero-order chi connectivity index (χ0) is 11.7. The monoisotopic (exact) mass is 224 g/mol. The van der Waals surface area contributed by atoms with Crippen molar-refractivity contribution in [3.63, 3.8) is 0 Å². The van der Waals surface area contributed by atoms with E-state index in [0.717, 1.165) is 12.8 Å². The molecule has 2 heterocycles. The minimum atomic E-state index is 0.126. The van der Waals surface area contributed by atoms with Crippen LogP contribution in [0, 0.1) is 0 Å². The van der Waals surface area contributed by atoms with E-state index in [2.05, 4.69) is 24.1 Å². The summed E-state index contributed by atoms with van der Waals surface area (Å²) in [6.07, 6.45) is 6.28. The summed E-state index contributed by atoms with van der Waals surface area (Å²) in [5.74, 6) is 0.126. The van der Waals surface area contributed by atoms with Gasteiger partial charge in [-0.2, -0.15) is 0 Å². The van der Waals surface area contributed by atoms with E-state index >= 15 is 0 Å². The molecule has 0 spiro atoms. The van der Waals surface area contributed by atoms with Crippen molar-refractivity contribution >= 4 is 5.91 Å². The van der Waals surface area contributed by atoms with Gasteiger partial charge in [0.1, 0.15) is 0 Å². The number of fused-ring (bicyclic) bond motifs is 2. The molecule has 0 aromatic heterocycles. The minimum absolute atomic E-state index is 0.126. The molecule has 0 saturated carbocycles. The fourth-order valence-corrected chi connectivity index (χ4v) is 3.67. The van der Waals surface area contributed by atoms with Crippen LogP contribution in [0.25, 0.3) is 0 Å². The highest BCUT2D eigenvalue weighted by Gasteiger charge is 2.39. The molecule has 0 radical (unpaired) electrons. The van der Waals surface area contributed by atoms with E-state index in [-0.39, 0.29) is 5.91 Å². The molecule has 3 nitrogen and oxygen atoms in total. The Morgan fingerprint density at radius 1 is 1.25 bits per heavy atom. The van der Waals surface area contributed by atoms with Gasteiger partial charge in [-0.15, -0.1) is 0 Å². The zero-order valence-corrected chi connectivity index (χ0v) is 10.7. The molecule has 16 heavy (non-hydrogen) atoms. The van der Waals surface area contributed by atoms with Gasteiger partial charge < -0.3 is 5.32 Å². The molecule has 0 aliphatic carbocycles. The molecule has 0 unspecified atom stereocenters. The lowest BCUT2D eigenvalue weighted by Gasteiger charge is -2.51. The molecule has 2 fully saturated rings. The molecule has 2 aliphatic heterocycles. The Morgan fingerprint density at radius 3 is 2.25 bits per heavy atom. The Kier molecular flexibility index (Phi) is 3.53. The number of piperidine rings is 2.